The second-order valence-corrected chi connectivity index (χ2v) is 5.24. The molecule has 5 heteroatoms. The minimum absolute atomic E-state index is 0. The van der Waals surface area contributed by atoms with Gasteiger partial charge in [0.2, 0.25) is 0 Å². The Morgan fingerprint density at radius 2 is 1.71 bits per heavy atom. The number of benzene rings is 2. The zero-order valence-corrected chi connectivity index (χ0v) is 12.8. The normalized spacial score (nSPS) is 9.95. The first kappa shape index (κ1) is 15.5. The maximum absolute atomic E-state index is 12.9. The standard InChI is InChI=1S/C16H13FN2S.ClH/c17-14-8-6-13(7-9-14)15-11-20-16(19-15)18-10-12-4-2-1-3-5-12;/h1-9,11H,10H2,(H,18,19);1H. The molecule has 3 aromatic rings. The fraction of sp³-hybridized carbons (Fsp3) is 0.0625. The summed E-state index contributed by atoms with van der Waals surface area (Å²) < 4.78 is 12.9. The number of rotatable bonds is 4. The van der Waals surface area contributed by atoms with Crippen molar-refractivity contribution in [3.63, 3.8) is 0 Å². The first-order chi connectivity index (χ1) is 9.81. The van der Waals surface area contributed by atoms with Crippen LogP contribution in [0.15, 0.2) is 60.0 Å². The molecular weight excluding hydrogens is 307 g/mol. The molecule has 0 unspecified atom stereocenters. The van der Waals surface area contributed by atoms with Crippen LogP contribution in [0.3, 0.4) is 0 Å². The van der Waals surface area contributed by atoms with Crippen LogP contribution < -0.4 is 5.32 Å². The molecule has 0 saturated heterocycles. The maximum Gasteiger partial charge on any atom is 0.183 e. The lowest BCUT2D eigenvalue weighted by Crippen LogP contribution is -1.98. The van der Waals surface area contributed by atoms with E-state index in [4.69, 9.17) is 0 Å². The third-order valence-corrected chi connectivity index (χ3v) is 3.73. The molecule has 2 aromatic carbocycles. The van der Waals surface area contributed by atoms with Gasteiger partial charge in [0.05, 0.1) is 5.69 Å². The molecule has 0 aliphatic heterocycles. The third kappa shape index (κ3) is 4.03. The van der Waals surface area contributed by atoms with Crippen LogP contribution in [0.5, 0.6) is 0 Å². The molecule has 0 aliphatic carbocycles. The first-order valence-electron chi connectivity index (χ1n) is 6.30. The monoisotopic (exact) mass is 320 g/mol. The molecule has 1 aromatic heterocycles. The summed E-state index contributed by atoms with van der Waals surface area (Å²) in [7, 11) is 0. The Balaban J connectivity index is 0.00000161. The molecule has 21 heavy (non-hydrogen) atoms. The Hall–Kier alpha value is -1.91. The SMILES string of the molecule is Cl.Fc1ccc(-c2csc(NCc3ccccc3)n2)cc1. The minimum Gasteiger partial charge on any atom is -0.357 e. The number of thiazole rings is 1. The molecule has 0 radical (unpaired) electrons. The van der Waals surface area contributed by atoms with Gasteiger partial charge in [-0.1, -0.05) is 30.3 Å². The van der Waals surface area contributed by atoms with Crippen LogP contribution in [-0.2, 0) is 6.54 Å². The van der Waals surface area contributed by atoms with Gasteiger partial charge in [0.15, 0.2) is 5.13 Å². The van der Waals surface area contributed by atoms with Crippen molar-refractivity contribution >= 4 is 28.9 Å². The van der Waals surface area contributed by atoms with Gasteiger partial charge in [-0.25, -0.2) is 9.37 Å². The van der Waals surface area contributed by atoms with E-state index in [1.165, 1.54) is 17.7 Å². The number of hydrogen-bond donors (Lipinski definition) is 1. The van der Waals surface area contributed by atoms with Crippen LogP contribution >= 0.6 is 23.7 Å². The molecule has 0 saturated carbocycles. The highest BCUT2D eigenvalue weighted by Crippen LogP contribution is 2.25. The molecule has 3 rings (SSSR count). The predicted octanol–water partition coefficient (Wildman–Crippen LogP) is 4.98. The number of nitrogens with zero attached hydrogens (tertiary/aromatic N) is 1. The van der Waals surface area contributed by atoms with Crippen molar-refractivity contribution < 1.29 is 4.39 Å². The van der Waals surface area contributed by atoms with E-state index in [9.17, 15) is 4.39 Å². The minimum atomic E-state index is -0.230. The summed E-state index contributed by atoms with van der Waals surface area (Å²) in [6.45, 7) is 0.747. The Morgan fingerprint density at radius 3 is 2.43 bits per heavy atom. The zero-order chi connectivity index (χ0) is 13.8. The van der Waals surface area contributed by atoms with E-state index in [1.807, 2.05) is 23.6 Å². The second kappa shape index (κ2) is 7.20. The molecule has 0 amide bonds. The summed E-state index contributed by atoms with van der Waals surface area (Å²) in [5.74, 6) is -0.230. The highest BCUT2D eigenvalue weighted by Gasteiger charge is 2.04. The fourth-order valence-electron chi connectivity index (χ4n) is 1.88. The van der Waals surface area contributed by atoms with Crippen molar-refractivity contribution in [1.29, 1.82) is 0 Å². The Kier molecular flexibility index (Phi) is 5.31. The lowest BCUT2D eigenvalue weighted by atomic mass is 10.2. The van der Waals surface area contributed by atoms with E-state index in [0.29, 0.717) is 0 Å². The molecule has 0 aliphatic rings. The first-order valence-corrected chi connectivity index (χ1v) is 7.18. The number of hydrogen-bond acceptors (Lipinski definition) is 3. The number of halogens is 2. The topological polar surface area (TPSA) is 24.9 Å². The average molecular weight is 321 g/mol. The van der Waals surface area contributed by atoms with Crippen LogP contribution in [0.25, 0.3) is 11.3 Å². The molecule has 108 valence electrons. The number of nitrogens with one attached hydrogen (secondary N) is 1. The van der Waals surface area contributed by atoms with Crippen LogP contribution in [-0.4, -0.2) is 4.98 Å². The van der Waals surface area contributed by atoms with Gasteiger partial charge in [-0.3, -0.25) is 0 Å². The van der Waals surface area contributed by atoms with E-state index < -0.39 is 0 Å². The molecule has 0 bridgehead atoms. The van der Waals surface area contributed by atoms with Gasteiger partial charge < -0.3 is 5.32 Å². The van der Waals surface area contributed by atoms with Gasteiger partial charge in [-0.2, -0.15) is 0 Å². The smallest absolute Gasteiger partial charge is 0.183 e. The van der Waals surface area contributed by atoms with Gasteiger partial charge in [0.1, 0.15) is 5.82 Å². The quantitative estimate of drug-likeness (QED) is 0.733. The summed E-state index contributed by atoms with van der Waals surface area (Å²) in [6.07, 6.45) is 0. The highest BCUT2D eigenvalue weighted by molar-refractivity contribution is 7.14. The molecule has 1 N–H and O–H groups in total. The molecule has 0 spiro atoms. The fourth-order valence-corrected chi connectivity index (χ4v) is 2.60. The maximum atomic E-state index is 12.9. The summed E-state index contributed by atoms with van der Waals surface area (Å²) in [4.78, 5) is 4.51. The van der Waals surface area contributed by atoms with Crippen LogP contribution in [0.2, 0.25) is 0 Å². The number of anilines is 1. The lowest BCUT2D eigenvalue weighted by Gasteiger charge is -2.02. The van der Waals surface area contributed by atoms with Crippen molar-refractivity contribution in [3.8, 4) is 11.3 Å². The van der Waals surface area contributed by atoms with Crippen LogP contribution in [0, 0.1) is 5.82 Å². The summed E-state index contributed by atoms with van der Waals surface area (Å²) in [6, 6.07) is 16.6. The average Bonchev–Trinajstić information content (AvgIpc) is 2.96. The second-order valence-electron chi connectivity index (χ2n) is 4.38. The molecule has 1 heterocycles. The van der Waals surface area contributed by atoms with E-state index in [2.05, 4.69) is 22.4 Å². The van der Waals surface area contributed by atoms with Gasteiger partial charge >= 0.3 is 0 Å². The molecule has 2 nitrogen and oxygen atoms in total. The molecule has 0 atom stereocenters. The van der Waals surface area contributed by atoms with Gasteiger partial charge in [0, 0.05) is 17.5 Å². The summed E-state index contributed by atoms with van der Waals surface area (Å²) in [5.41, 5.74) is 3.01. The summed E-state index contributed by atoms with van der Waals surface area (Å²) >= 11 is 1.55. The largest absolute Gasteiger partial charge is 0.357 e. The van der Waals surface area contributed by atoms with Crippen molar-refractivity contribution in [2.24, 2.45) is 0 Å². The predicted molar refractivity (Wildman–Crippen MR) is 88.5 cm³/mol. The third-order valence-electron chi connectivity index (χ3n) is 2.93. The Labute approximate surface area is 133 Å². The summed E-state index contributed by atoms with van der Waals surface area (Å²) in [5, 5.41) is 6.14. The highest BCUT2D eigenvalue weighted by atomic mass is 35.5. The van der Waals surface area contributed by atoms with E-state index in [1.54, 1.807) is 23.5 Å². The van der Waals surface area contributed by atoms with Crippen molar-refractivity contribution in [1.82, 2.24) is 4.98 Å². The lowest BCUT2D eigenvalue weighted by molar-refractivity contribution is 0.628. The van der Waals surface area contributed by atoms with Gasteiger partial charge in [-0.15, -0.1) is 23.7 Å². The van der Waals surface area contributed by atoms with Gasteiger partial charge in [0.25, 0.3) is 0 Å². The van der Waals surface area contributed by atoms with Gasteiger partial charge in [-0.05, 0) is 29.8 Å². The van der Waals surface area contributed by atoms with Crippen molar-refractivity contribution in [2.45, 2.75) is 6.54 Å². The Morgan fingerprint density at radius 1 is 1.00 bits per heavy atom. The van der Waals surface area contributed by atoms with Crippen molar-refractivity contribution in [3.05, 3.63) is 71.4 Å². The van der Waals surface area contributed by atoms with Crippen molar-refractivity contribution in [2.75, 3.05) is 5.32 Å². The van der Waals surface area contributed by atoms with E-state index >= 15 is 0 Å². The van der Waals surface area contributed by atoms with E-state index in [0.717, 1.165) is 22.9 Å². The van der Waals surface area contributed by atoms with Crippen LogP contribution in [0.1, 0.15) is 5.56 Å². The van der Waals surface area contributed by atoms with E-state index in [-0.39, 0.29) is 18.2 Å². The molecular formula is C16H14ClFN2S. The molecule has 0 fully saturated rings. The number of aromatic nitrogens is 1. The zero-order valence-electron chi connectivity index (χ0n) is 11.1. The van der Waals surface area contributed by atoms with Crippen LogP contribution in [0.4, 0.5) is 9.52 Å². The Bertz CT molecular complexity index is 683.